The number of anilines is 1. The molecule has 2 heterocycles. The van der Waals surface area contributed by atoms with Gasteiger partial charge in [0.05, 0.1) is 0 Å². The molecule has 0 bridgehead atoms. The first kappa shape index (κ1) is 19.3. The molecule has 0 atom stereocenters. The average Bonchev–Trinajstić information content (AvgIpc) is 3.10. The summed E-state index contributed by atoms with van der Waals surface area (Å²) in [5.74, 6) is -0.227. The first-order valence-electron chi connectivity index (χ1n) is 9.35. The van der Waals surface area contributed by atoms with Gasteiger partial charge in [-0.1, -0.05) is 41.9 Å². The number of oxazole rings is 1. The number of halogens is 1. The van der Waals surface area contributed by atoms with E-state index in [-0.39, 0.29) is 18.3 Å². The van der Waals surface area contributed by atoms with Crippen LogP contribution < -0.4 is 5.32 Å². The van der Waals surface area contributed by atoms with Crippen molar-refractivity contribution in [3.63, 3.8) is 0 Å². The molecule has 2 amide bonds. The molecule has 0 aliphatic carbocycles. The molecular formula is C21H20ClN3O4. The zero-order chi connectivity index (χ0) is 20.4. The van der Waals surface area contributed by atoms with Gasteiger partial charge in [0.25, 0.3) is 0 Å². The fourth-order valence-electron chi connectivity index (χ4n) is 3.91. The number of nitrogens with one attached hydrogen (secondary N) is 1. The zero-order valence-corrected chi connectivity index (χ0v) is 16.4. The minimum absolute atomic E-state index is 0.124. The number of aromatic nitrogens is 1. The Morgan fingerprint density at radius 2 is 1.90 bits per heavy atom. The number of benzene rings is 2. The monoisotopic (exact) mass is 413 g/mol. The highest BCUT2D eigenvalue weighted by Gasteiger charge is 2.39. The Labute approximate surface area is 172 Å². The van der Waals surface area contributed by atoms with Gasteiger partial charge < -0.3 is 14.4 Å². The number of carboxylic acid groups (broad SMARTS) is 1. The van der Waals surface area contributed by atoms with Gasteiger partial charge in [0.2, 0.25) is 5.91 Å². The van der Waals surface area contributed by atoms with Gasteiger partial charge in [-0.05, 0) is 36.6 Å². The Bertz CT molecular complexity index is 1040. The standard InChI is InChI=1S/C21H20ClN3O4/c22-15-6-7-17-16(12-15)23-19(29-17)24-18(26)13-21(14-4-2-1-3-5-14)8-10-25(11-9-21)20(27)28/h1-7,12H,8-11,13H2,(H,27,28)(H,23,24,26). The molecule has 0 radical (unpaired) electrons. The van der Waals surface area contributed by atoms with Crippen molar-refractivity contribution in [3.05, 3.63) is 59.1 Å². The molecule has 4 rings (SSSR count). The molecule has 0 unspecified atom stereocenters. The van der Waals surface area contributed by atoms with E-state index in [9.17, 15) is 14.7 Å². The Hall–Kier alpha value is -3.06. The number of amides is 2. The lowest BCUT2D eigenvalue weighted by atomic mass is 9.70. The quantitative estimate of drug-likeness (QED) is 0.655. The van der Waals surface area contributed by atoms with Crippen molar-refractivity contribution in [1.82, 2.24) is 9.88 Å². The summed E-state index contributed by atoms with van der Waals surface area (Å²) >= 11 is 5.97. The van der Waals surface area contributed by atoms with Crippen molar-refractivity contribution >= 4 is 40.7 Å². The van der Waals surface area contributed by atoms with E-state index in [0.29, 0.717) is 42.1 Å². The van der Waals surface area contributed by atoms with Crippen LogP contribution >= 0.6 is 11.6 Å². The molecule has 0 saturated carbocycles. The summed E-state index contributed by atoms with van der Waals surface area (Å²) in [6, 6.07) is 15.0. The van der Waals surface area contributed by atoms with Crippen LogP contribution in [0.1, 0.15) is 24.8 Å². The minimum atomic E-state index is -0.929. The lowest BCUT2D eigenvalue weighted by Gasteiger charge is -2.41. The van der Waals surface area contributed by atoms with E-state index in [0.717, 1.165) is 5.56 Å². The summed E-state index contributed by atoms with van der Waals surface area (Å²) in [5, 5.41) is 12.5. The molecule has 29 heavy (non-hydrogen) atoms. The first-order chi connectivity index (χ1) is 13.9. The SMILES string of the molecule is O=C(CC1(c2ccccc2)CCN(C(=O)O)CC1)Nc1nc2cc(Cl)ccc2o1. The minimum Gasteiger partial charge on any atom is -0.465 e. The molecule has 2 aromatic carbocycles. The Morgan fingerprint density at radius 1 is 1.17 bits per heavy atom. The first-order valence-corrected chi connectivity index (χ1v) is 9.72. The zero-order valence-electron chi connectivity index (χ0n) is 15.6. The van der Waals surface area contributed by atoms with Gasteiger partial charge in [-0.3, -0.25) is 10.1 Å². The fourth-order valence-corrected chi connectivity index (χ4v) is 4.08. The number of rotatable bonds is 4. The molecule has 0 spiro atoms. The number of nitrogens with zero attached hydrogens (tertiary/aromatic N) is 2. The second-order valence-corrected chi connectivity index (χ2v) is 7.71. The second-order valence-electron chi connectivity index (χ2n) is 7.27. The maximum absolute atomic E-state index is 12.9. The van der Waals surface area contributed by atoms with E-state index in [4.69, 9.17) is 16.0 Å². The summed E-state index contributed by atoms with van der Waals surface area (Å²) in [6.45, 7) is 0.776. The van der Waals surface area contributed by atoms with Gasteiger partial charge in [0, 0.05) is 29.9 Å². The van der Waals surface area contributed by atoms with Crippen molar-refractivity contribution < 1.29 is 19.1 Å². The maximum atomic E-state index is 12.9. The van der Waals surface area contributed by atoms with Crippen LogP contribution in [0, 0.1) is 0 Å². The smallest absolute Gasteiger partial charge is 0.407 e. The molecule has 150 valence electrons. The average molecular weight is 414 g/mol. The highest BCUT2D eigenvalue weighted by molar-refractivity contribution is 6.31. The lowest BCUT2D eigenvalue weighted by molar-refractivity contribution is -0.118. The van der Waals surface area contributed by atoms with Crippen molar-refractivity contribution in [2.45, 2.75) is 24.7 Å². The third-order valence-electron chi connectivity index (χ3n) is 5.47. The Balaban J connectivity index is 1.54. The molecule has 7 nitrogen and oxygen atoms in total. The summed E-state index contributed by atoms with van der Waals surface area (Å²) in [4.78, 5) is 29.8. The van der Waals surface area contributed by atoms with E-state index >= 15 is 0 Å². The van der Waals surface area contributed by atoms with Crippen molar-refractivity contribution in [2.75, 3.05) is 18.4 Å². The highest BCUT2D eigenvalue weighted by atomic mass is 35.5. The van der Waals surface area contributed by atoms with Gasteiger partial charge in [-0.2, -0.15) is 4.98 Å². The molecule has 3 aromatic rings. The number of piperidine rings is 1. The van der Waals surface area contributed by atoms with Crippen LogP contribution in [0.4, 0.5) is 10.8 Å². The highest BCUT2D eigenvalue weighted by Crippen LogP contribution is 2.39. The fraction of sp³-hybridized carbons (Fsp3) is 0.286. The largest absolute Gasteiger partial charge is 0.465 e. The van der Waals surface area contributed by atoms with Gasteiger partial charge in [-0.25, -0.2) is 4.79 Å². The van der Waals surface area contributed by atoms with Gasteiger partial charge in [0.15, 0.2) is 5.58 Å². The van der Waals surface area contributed by atoms with Gasteiger partial charge >= 0.3 is 12.1 Å². The van der Waals surface area contributed by atoms with Crippen LogP contribution in [-0.2, 0) is 10.2 Å². The number of fused-ring (bicyclic) bond motifs is 1. The van der Waals surface area contributed by atoms with Crippen molar-refractivity contribution in [1.29, 1.82) is 0 Å². The molecule has 1 aliphatic rings. The molecule has 1 fully saturated rings. The third kappa shape index (κ3) is 4.05. The van der Waals surface area contributed by atoms with Gasteiger partial charge in [0.1, 0.15) is 5.52 Å². The lowest BCUT2D eigenvalue weighted by Crippen LogP contribution is -2.46. The summed E-state index contributed by atoms with van der Waals surface area (Å²) in [6.07, 6.45) is 0.422. The molecule has 1 aliphatic heterocycles. The summed E-state index contributed by atoms with van der Waals surface area (Å²) in [5.41, 5.74) is 1.70. The molecule has 8 heteroatoms. The van der Waals surface area contributed by atoms with Crippen molar-refractivity contribution in [3.8, 4) is 0 Å². The predicted octanol–water partition coefficient (Wildman–Crippen LogP) is 4.52. The molecule has 1 aromatic heterocycles. The summed E-state index contributed by atoms with van der Waals surface area (Å²) < 4.78 is 5.58. The Kier molecular flexibility index (Phi) is 5.15. The molecular weight excluding hydrogens is 394 g/mol. The van der Waals surface area contributed by atoms with Crippen LogP contribution in [0.15, 0.2) is 52.9 Å². The maximum Gasteiger partial charge on any atom is 0.407 e. The topological polar surface area (TPSA) is 95.7 Å². The normalized spacial score (nSPS) is 16.0. The van der Waals surface area contributed by atoms with Gasteiger partial charge in [-0.15, -0.1) is 0 Å². The third-order valence-corrected chi connectivity index (χ3v) is 5.71. The van der Waals surface area contributed by atoms with Crippen LogP contribution in [-0.4, -0.2) is 40.1 Å². The predicted molar refractivity (Wildman–Crippen MR) is 109 cm³/mol. The van der Waals surface area contributed by atoms with Crippen LogP contribution in [0.3, 0.4) is 0 Å². The Morgan fingerprint density at radius 3 is 2.59 bits per heavy atom. The molecule has 1 saturated heterocycles. The van der Waals surface area contributed by atoms with E-state index in [1.54, 1.807) is 18.2 Å². The summed E-state index contributed by atoms with van der Waals surface area (Å²) in [7, 11) is 0. The number of carbonyl (C=O) groups is 2. The van der Waals surface area contributed by atoms with Crippen molar-refractivity contribution in [2.24, 2.45) is 0 Å². The van der Waals surface area contributed by atoms with Crippen LogP contribution in [0.25, 0.3) is 11.1 Å². The van der Waals surface area contributed by atoms with E-state index in [1.165, 1.54) is 4.90 Å². The number of hydrogen-bond donors (Lipinski definition) is 2. The second kappa shape index (κ2) is 7.75. The number of hydrogen-bond acceptors (Lipinski definition) is 4. The number of likely N-dealkylation sites (tertiary alicyclic amines) is 1. The van der Waals surface area contributed by atoms with Crippen LogP contribution in [0.5, 0.6) is 0 Å². The molecule has 2 N–H and O–H groups in total. The van der Waals surface area contributed by atoms with E-state index in [1.807, 2.05) is 30.3 Å². The van der Waals surface area contributed by atoms with Crippen LogP contribution in [0.2, 0.25) is 5.02 Å². The van der Waals surface area contributed by atoms with E-state index in [2.05, 4.69) is 10.3 Å². The number of carbonyl (C=O) groups excluding carboxylic acids is 1. The van der Waals surface area contributed by atoms with E-state index < -0.39 is 11.5 Å².